The number of rotatable bonds is 3. The first-order valence-corrected chi connectivity index (χ1v) is 7.98. The van der Waals surface area contributed by atoms with Crippen molar-refractivity contribution in [3.05, 3.63) is 23.8 Å². The van der Waals surface area contributed by atoms with E-state index in [2.05, 4.69) is 10.6 Å². The van der Waals surface area contributed by atoms with Crippen molar-refractivity contribution in [2.75, 3.05) is 43.0 Å². The number of imide groups is 1. The molecule has 2 aliphatic rings. The van der Waals surface area contributed by atoms with Crippen LogP contribution in [0.5, 0.6) is 0 Å². The lowest BCUT2D eigenvalue weighted by Gasteiger charge is -2.33. The third-order valence-corrected chi connectivity index (χ3v) is 4.52. The quantitative estimate of drug-likeness (QED) is 0.791. The standard InChI is InChI=1S/C16H20F2N4O2/c1-21(13-2-3-14(23)20-16(13)24)10-8-11(17)15(12(18)9-10)22-6-4-19-5-7-22/h8-9,13,19H,2-7H2,1H3,(H,20,23,24). The van der Waals surface area contributed by atoms with E-state index in [0.717, 1.165) is 0 Å². The zero-order valence-electron chi connectivity index (χ0n) is 13.4. The van der Waals surface area contributed by atoms with Crippen molar-refractivity contribution < 1.29 is 18.4 Å². The summed E-state index contributed by atoms with van der Waals surface area (Å²) in [6.45, 7) is 2.43. The minimum atomic E-state index is -0.647. The highest BCUT2D eigenvalue weighted by Crippen LogP contribution is 2.30. The fourth-order valence-corrected chi connectivity index (χ4v) is 3.18. The summed E-state index contributed by atoms with van der Waals surface area (Å²) in [5.74, 6) is -2.06. The van der Waals surface area contributed by atoms with Crippen LogP contribution in [0.4, 0.5) is 20.2 Å². The van der Waals surface area contributed by atoms with Crippen molar-refractivity contribution in [1.82, 2.24) is 10.6 Å². The van der Waals surface area contributed by atoms with E-state index in [-0.39, 0.29) is 23.7 Å². The highest BCUT2D eigenvalue weighted by molar-refractivity contribution is 6.01. The number of amides is 2. The minimum absolute atomic E-state index is 0.0306. The van der Waals surface area contributed by atoms with Gasteiger partial charge in [0.1, 0.15) is 11.7 Å². The van der Waals surface area contributed by atoms with Gasteiger partial charge in [-0.05, 0) is 18.6 Å². The summed E-state index contributed by atoms with van der Waals surface area (Å²) in [6, 6.07) is 1.86. The van der Waals surface area contributed by atoms with Crippen LogP contribution in [0.15, 0.2) is 12.1 Å². The number of hydrogen-bond acceptors (Lipinski definition) is 5. The van der Waals surface area contributed by atoms with Gasteiger partial charge in [-0.15, -0.1) is 0 Å². The van der Waals surface area contributed by atoms with E-state index in [1.54, 1.807) is 11.9 Å². The van der Waals surface area contributed by atoms with Crippen molar-refractivity contribution in [1.29, 1.82) is 0 Å². The fourth-order valence-electron chi connectivity index (χ4n) is 3.18. The van der Waals surface area contributed by atoms with E-state index in [4.69, 9.17) is 0 Å². The predicted octanol–water partition coefficient (Wildman–Crippen LogP) is 0.616. The molecule has 0 aromatic heterocycles. The van der Waals surface area contributed by atoms with Crippen molar-refractivity contribution in [2.45, 2.75) is 18.9 Å². The summed E-state index contributed by atoms with van der Waals surface area (Å²) in [4.78, 5) is 26.3. The Kier molecular flexibility index (Phi) is 4.66. The summed E-state index contributed by atoms with van der Waals surface area (Å²) in [5, 5.41) is 5.39. The zero-order chi connectivity index (χ0) is 17.3. The van der Waals surface area contributed by atoms with Gasteiger partial charge in [-0.3, -0.25) is 14.9 Å². The Bertz CT molecular complexity index is 638. The van der Waals surface area contributed by atoms with Gasteiger partial charge in [0, 0.05) is 45.3 Å². The number of nitrogens with one attached hydrogen (secondary N) is 2. The number of halogens is 2. The summed E-state index contributed by atoms with van der Waals surface area (Å²) >= 11 is 0. The van der Waals surface area contributed by atoms with Crippen LogP contribution in [-0.2, 0) is 9.59 Å². The number of likely N-dealkylation sites (N-methyl/N-ethyl adjacent to an activating group) is 1. The number of piperidine rings is 1. The molecule has 1 aromatic rings. The Morgan fingerprint density at radius 3 is 2.38 bits per heavy atom. The maximum atomic E-state index is 14.5. The first-order valence-electron chi connectivity index (χ1n) is 7.98. The number of nitrogens with zero attached hydrogens (tertiary/aromatic N) is 2. The van der Waals surface area contributed by atoms with Crippen LogP contribution in [0.1, 0.15) is 12.8 Å². The van der Waals surface area contributed by atoms with Gasteiger partial charge in [0.25, 0.3) is 0 Å². The van der Waals surface area contributed by atoms with E-state index in [9.17, 15) is 18.4 Å². The molecule has 6 nitrogen and oxygen atoms in total. The monoisotopic (exact) mass is 338 g/mol. The second-order valence-corrected chi connectivity index (χ2v) is 6.07. The van der Waals surface area contributed by atoms with Gasteiger partial charge in [-0.25, -0.2) is 8.78 Å². The van der Waals surface area contributed by atoms with Gasteiger partial charge >= 0.3 is 0 Å². The Balaban J connectivity index is 1.84. The molecular weight excluding hydrogens is 318 g/mol. The zero-order valence-corrected chi connectivity index (χ0v) is 13.4. The van der Waals surface area contributed by atoms with Crippen LogP contribution < -0.4 is 20.4 Å². The second-order valence-electron chi connectivity index (χ2n) is 6.07. The average Bonchev–Trinajstić information content (AvgIpc) is 2.54. The molecule has 8 heteroatoms. The van der Waals surface area contributed by atoms with Crippen LogP contribution in [0.25, 0.3) is 0 Å². The van der Waals surface area contributed by atoms with Gasteiger partial charge < -0.3 is 15.1 Å². The predicted molar refractivity (Wildman–Crippen MR) is 86.0 cm³/mol. The molecule has 2 N–H and O–H groups in total. The summed E-state index contributed by atoms with van der Waals surface area (Å²) < 4.78 is 29.0. The molecule has 0 bridgehead atoms. The van der Waals surface area contributed by atoms with Crippen LogP contribution in [0.2, 0.25) is 0 Å². The average molecular weight is 338 g/mol. The van der Waals surface area contributed by atoms with Gasteiger partial charge in [-0.1, -0.05) is 0 Å². The molecule has 1 unspecified atom stereocenters. The fraction of sp³-hybridized carbons (Fsp3) is 0.500. The third-order valence-electron chi connectivity index (χ3n) is 4.52. The summed E-state index contributed by atoms with van der Waals surface area (Å²) in [6.07, 6.45) is 0.536. The highest BCUT2D eigenvalue weighted by Gasteiger charge is 2.31. The normalized spacial score (nSPS) is 21.6. The van der Waals surface area contributed by atoms with Crippen LogP contribution in [-0.4, -0.2) is 51.1 Å². The Hall–Kier alpha value is -2.22. The van der Waals surface area contributed by atoms with Crippen LogP contribution in [0, 0.1) is 11.6 Å². The van der Waals surface area contributed by atoms with Crippen molar-refractivity contribution in [3.63, 3.8) is 0 Å². The lowest BCUT2D eigenvalue weighted by molar-refractivity contribution is -0.134. The molecule has 2 amide bonds. The lowest BCUT2D eigenvalue weighted by Crippen LogP contribution is -2.51. The molecule has 0 spiro atoms. The Morgan fingerprint density at radius 1 is 1.17 bits per heavy atom. The summed E-state index contributed by atoms with van der Waals surface area (Å²) in [7, 11) is 1.60. The number of hydrogen-bond donors (Lipinski definition) is 2. The smallest absolute Gasteiger partial charge is 0.249 e. The van der Waals surface area contributed by atoms with E-state index in [1.807, 2.05) is 0 Å². The molecule has 2 aliphatic heterocycles. The molecule has 2 saturated heterocycles. The van der Waals surface area contributed by atoms with Gasteiger partial charge in [0.2, 0.25) is 11.8 Å². The molecule has 130 valence electrons. The van der Waals surface area contributed by atoms with E-state index in [1.165, 1.54) is 17.0 Å². The largest absolute Gasteiger partial charge is 0.364 e. The third kappa shape index (κ3) is 3.19. The van der Waals surface area contributed by atoms with Crippen LogP contribution in [0.3, 0.4) is 0 Å². The second kappa shape index (κ2) is 6.72. The van der Waals surface area contributed by atoms with Crippen molar-refractivity contribution >= 4 is 23.2 Å². The highest BCUT2D eigenvalue weighted by atomic mass is 19.1. The molecular formula is C16H20F2N4O2. The molecule has 1 aromatic carbocycles. The van der Waals surface area contributed by atoms with Crippen LogP contribution >= 0.6 is 0 Å². The van der Waals surface area contributed by atoms with Crippen molar-refractivity contribution in [3.8, 4) is 0 Å². The van der Waals surface area contributed by atoms with Gasteiger partial charge in [-0.2, -0.15) is 0 Å². The SMILES string of the molecule is CN(c1cc(F)c(N2CCNCC2)c(F)c1)C1CCC(=O)NC1=O. The molecule has 24 heavy (non-hydrogen) atoms. The molecule has 1 atom stereocenters. The number of carbonyl (C=O) groups is 2. The summed E-state index contributed by atoms with van der Waals surface area (Å²) in [5.41, 5.74) is 0.246. The Labute approximate surface area is 138 Å². The molecule has 2 fully saturated rings. The van der Waals surface area contributed by atoms with Crippen molar-refractivity contribution in [2.24, 2.45) is 0 Å². The topological polar surface area (TPSA) is 64.7 Å². The number of benzene rings is 1. The number of carbonyl (C=O) groups excluding carboxylic acids is 2. The lowest BCUT2D eigenvalue weighted by atomic mass is 10.0. The Morgan fingerprint density at radius 2 is 1.79 bits per heavy atom. The van der Waals surface area contributed by atoms with E-state index < -0.39 is 23.6 Å². The molecule has 0 saturated carbocycles. The van der Waals surface area contributed by atoms with Gasteiger partial charge in [0.15, 0.2) is 11.6 Å². The molecule has 3 rings (SSSR count). The van der Waals surface area contributed by atoms with Gasteiger partial charge in [0.05, 0.1) is 0 Å². The van der Waals surface area contributed by atoms with E-state index in [0.29, 0.717) is 32.6 Å². The van der Waals surface area contributed by atoms with E-state index >= 15 is 0 Å². The maximum Gasteiger partial charge on any atom is 0.249 e. The first-order chi connectivity index (χ1) is 11.5. The number of anilines is 2. The first kappa shape index (κ1) is 16.6. The number of piperazine rings is 1. The minimum Gasteiger partial charge on any atom is -0.364 e. The molecule has 0 aliphatic carbocycles. The maximum absolute atomic E-state index is 14.5. The molecule has 0 radical (unpaired) electrons. The molecule has 2 heterocycles.